The molecule has 0 amide bonds. The van der Waals surface area contributed by atoms with E-state index < -0.39 is 10.0 Å². The summed E-state index contributed by atoms with van der Waals surface area (Å²) in [5.41, 5.74) is 2.87. The molecule has 0 radical (unpaired) electrons. The van der Waals surface area contributed by atoms with E-state index in [2.05, 4.69) is 25.6 Å². The second-order valence-electron chi connectivity index (χ2n) is 4.85. The summed E-state index contributed by atoms with van der Waals surface area (Å²) in [5, 5.41) is 4.03. The van der Waals surface area contributed by atoms with Crippen LogP contribution in [0.1, 0.15) is 5.56 Å². The number of hydrogen-bond acceptors (Lipinski definition) is 4. The Balaban J connectivity index is 1.78. The molecule has 1 N–H and O–H groups in total. The van der Waals surface area contributed by atoms with Crippen LogP contribution in [0.15, 0.2) is 68.9 Å². The number of thiophene rings is 1. The fourth-order valence-corrected chi connectivity index (χ4v) is 4.77. The number of benzene rings is 1. The maximum atomic E-state index is 12.4. The Hall–Kier alpha value is -1.54. The summed E-state index contributed by atoms with van der Waals surface area (Å²) < 4.78 is 27.9. The van der Waals surface area contributed by atoms with Crippen molar-refractivity contribution in [2.24, 2.45) is 0 Å². The minimum absolute atomic E-state index is 0.189. The van der Waals surface area contributed by atoms with Gasteiger partial charge in [0.2, 0.25) is 10.0 Å². The van der Waals surface area contributed by atoms with Crippen LogP contribution >= 0.6 is 27.3 Å². The van der Waals surface area contributed by atoms with Gasteiger partial charge in [-0.3, -0.25) is 4.98 Å². The quantitative estimate of drug-likeness (QED) is 0.692. The van der Waals surface area contributed by atoms with Crippen molar-refractivity contribution in [3.05, 3.63) is 69.6 Å². The summed E-state index contributed by atoms with van der Waals surface area (Å²) in [5.74, 6) is 0. The predicted molar refractivity (Wildman–Crippen MR) is 95.7 cm³/mol. The zero-order valence-corrected chi connectivity index (χ0v) is 15.2. The van der Waals surface area contributed by atoms with Gasteiger partial charge in [0.05, 0.1) is 4.90 Å². The molecular weight excluding hydrogens is 396 g/mol. The van der Waals surface area contributed by atoms with Gasteiger partial charge in [0, 0.05) is 29.0 Å². The first-order valence-corrected chi connectivity index (χ1v) is 9.99. The Morgan fingerprint density at radius 2 is 1.96 bits per heavy atom. The van der Waals surface area contributed by atoms with Crippen LogP contribution < -0.4 is 4.72 Å². The molecule has 118 valence electrons. The van der Waals surface area contributed by atoms with E-state index in [-0.39, 0.29) is 11.4 Å². The Labute approximate surface area is 147 Å². The number of nitrogens with zero attached hydrogens (tertiary/aromatic N) is 1. The molecule has 3 aromatic rings. The Kier molecular flexibility index (Phi) is 4.91. The van der Waals surface area contributed by atoms with Gasteiger partial charge >= 0.3 is 0 Å². The van der Waals surface area contributed by atoms with Gasteiger partial charge in [-0.15, -0.1) is 0 Å². The van der Waals surface area contributed by atoms with Crippen molar-refractivity contribution in [1.29, 1.82) is 0 Å². The van der Waals surface area contributed by atoms with E-state index in [0.717, 1.165) is 16.7 Å². The molecule has 1 aromatic carbocycles. The van der Waals surface area contributed by atoms with E-state index in [9.17, 15) is 8.42 Å². The van der Waals surface area contributed by atoms with Crippen molar-refractivity contribution in [3.63, 3.8) is 0 Å². The van der Waals surface area contributed by atoms with Crippen molar-refractivity contribution in [3.8, 4) is 11.1 Å². The van der Waals surface area contributed by atoms with Gasteiger partial charge in [-0.2, -0.15) is 11.3 Å². The van der Waals surface area contributed by atoms with Crippen molar-refractivity contribution in [1.82, 2.24) is 9.71 Å². The van der Waals surface area contributed by atoms with E-state index in [1.807, 2.05) is 22.9 Å². The van der Waals surface area contributed by atoms with Crippen LogP contribution in [0.4, 0.5) is 0 Å². The third-order valence-corrected chi connectivity index (χ3v) is 6.34. The molecule has 2 heterocycles. The van der Waals surface area contributed by atoms with E-state index >= 15 is 0 Å². The predicted octanol–water partition coefficient (Wildman–Crippen LogP) is 4.05. The van der Waals surface area contributed by atoms with Crippen LogP contribution in [0.5, 0.6) is 0 Å². The van der Waals surface area contributed by atoms with Gasteiger partial charge in [0.25, 0.3) is 0 Å². The summed E-state index contributed by atoms with van der Waals surface area (Å²) in [6, 6.07) is 10.7. The molecule has 0 fully saturated rings. The molecule has 0 saturated carbocycles. The topological polar surface area (TPSA) is 59.1 Å². The Bertz CT molecular complexity index is 909. The molecule has 0 aliphatic carbocycles. The van der Waals surface area contributed by atoms with Gasteiger partial charge in [-0.05, 0) is 62.1 Å². The average molecular weight is 409 g/mol. The lowest BCUT2D eigenvalue weighted by atomic mass is 10.1. The highest BCUT2D eigenvalue weighted by atomic mass is 79.9. The fraction of sp³-hybridized carbons (Fsp3) is 0.0625. The minimum atomic E-state index is -3.58. The maximum absolute atomic E-state index is 12.4. The number of rotatable bonds is 5. The van der Waals surface area contributed by atoms with Gasteiger partial charge in [0.1, 0.15) is 0 Å². The summed E-state index contributed by atoms with van der Waals surface area (Å²) in [6.45, 7) is 0.189. The van der Waals surface area contributed by atoms with Crippen LogP contribution in [0.3, 0.4) is 0 Å². The highest BCUT2D eigenvalue weighted by molar-refractivity contribution is 9.10. The molecule has 7 heteroatoms. The SMILES string of the molecule is O=S(=O)(NCc1cncc(-c2ccsc2)c1)c1ccccc1Br. The van der Waals surface area contributed by atoms with Gasteiger partial charge in [-0.25, -0.2) is 13.1 Å². The van der Waals surface area contributed by atoms with Crippen LogP contribution in [0.25, 0.3) is 11.1 Å². The van der Waals surface area contributed by atoms with E-state index in [1.165, 1.54) is 0 Å². The molecule has 0 aliphatic rings. The normalized spacial score (nSPS) is 11.5. The number of sulfonamides is 1. The van der Waals surface area contributed by atoms with Crippen molar-refractivity contribution in [2.45, 2.75) is 11.4 Å². The zero-order chi connectivity index (χ0) is 16.3. The number of nitrogens with one attached hydrogen (secondary N) is 1. The Morgan fingerprint density at radius 1 is 1.13 bits per heavy atom. The van der Waals surface area contributed by atoms with Crippen molar-refractivity contribution < 1.29 is 8.42 Å². The fourth-order valence-electron chi connectivity index (χ4n) is 2.09. The van der Waals surface area contributed by atoms with E-state index in [1.54, 1.807) is 48.0 Å². The molecule has 4 nitrogen and oxygen atoms in total. The number of hydrogen-bond donors (Lipinski definition) is 1. The van der Waals surface area contributed by atoms with Gasteiger partial charge in [-0.1, -0.05) is 12.1 Å². The molecule has 3 rings (SSSR count). The van der Waals surface area contributed by atoms with Crippen molar-refractivity contribution in [2.75, 3.05) is 0 Å². The third kappa shape index (κ3) is 3.87. The number of aromatic nitrogens is 1. The molecule has 0 saturated heterocycles. The maximum Gasteiger partial charge on any atom is 0.241 e. The second kappa shape index (κ2) is 6.92. The Morgan fingerprint density at radius 3 is 2.70 bits per heavy atom. The highest BCUT2D eigenvalue weighted by Crippen LogP contribution is 2.23. The van der Waals surface area contributed by atoms with Crippen LogP contribution in [0.2, 0.25) is 0 Å². The molecule has 0 bridgehead atoms. The van der Waals surface area contributed by atoms with Crippen LogP contribution in [0, 0.1) is 0 Å². The summed E-state index contributed by atoms with van der Waals surface area (Å²) in [6.07, 6.45) is 3.44. The van der Waals surface area contributed by atoms with Crippen molar-refractivity contribution >= 4 is 37.3 Å². The molecular formula is C16H13BrN2O2S2. The minimum Gasteiger partial charge on any atom is -0.264 e. The number of pyridine rings is 1. The summed E-state index contributed by atoms with van der Waals surface area (Å²) >= 11 is 4.88. The van der Waals surface area contributed by atoms with Crippen LogP contribution in [-0.4, -0.2) is 13.4 Å². The summed E-state index contributed by atoms with van der Waals surface area (Å²) in [7, 11) is -3.58. The third-order valence-electron chi connectivity index (χ3n) is 3.24. The zero-order valence-electron chi connectivity index (χ0n) is 11.9. The van der Waals surface area contributed by atoms with Crippen LogP contribution in [-0.2, 0) is 16.6 Å². The first-order chi connectivity index (χ1) is 11.1. The summed E-state index contributed by atoms with van der Waals surface area (Å²) in [4.78, 5) is 4.42. The lowest BCUT2D eigenvalue weighted by molar-refractivity contribution is 0.580. The molecule has 23 heavy (non-hydrogen) atoms. The molecule has 0 atom stereocenters. The average Bonchev–Trinajstić information content (AvgIpc) is 3.08. The molecule has 0 aliphatic heterocycles. The molecule has 0 spiro atoms. The van der Waals surface area contributed by atoms with E-state index in [0.29, 0.717) is 4.47 Å². The molecule has 2 aromatic heterocycles. The number of halogens is 1. The monoisotopic (exact) mass is 408 g/mol. The highest BCUT2D eigenvalue weighted by Gasteiger charge is 2.16. The first kappa shape index (κ1) is 16.3. The lowest BCUT2D eigenvalue weighted by Crippen LogP contribution is -2.23. The smallest absolute Gasteiger partial charge is 0.241 e. The standard InChI is InChI=1S/C16H13BrN2O2S2/c17-15-3-1-2-4-16(15)23(20,21)19-9-12-7-14(10-18-8-12)13-5-6-22-11-13/h1-8,10-11,19H,9H2. The molecule has 0 unspecified atom stereocenters. The van der Waals surface area contributed by atoms with Gasteiger partial charge in [0.15, 0.2) is 0 Å². The van der Waals surface area contributed by atoms with E-state index in [4.69, 9.17) is 0 Å². The first-order valence-electron chi connectivity index (χ1n) is 6.77. The lowest BCUT2D eigenvalue weighted by Gasteiger charge is -2.09. The van der Waals surface area contributed by atoms with Gasteiger partial charge < -0.3 is 0 Å². The second-order valence-corrected chi connectivity index (χ2v) is 8.22. The largest absolute Gasteiger partial charge is 0.264 e.